The van der Waals surface area contributed by atoms with Gasteiger partial charge in [-0.3, -0.25) is 4.79 Å². The van der Waals surface area contributed by atoms with Crippen LogP contribution < -0.4 is 5.43 Å². The van der Waals surface area contributed by atoms with Crippen LogP contribution in [0.1, 0.15) is 5.56 Å². The minimum absolute atomic E-state index is 0.0103. The fourth-order valence-corrected chi connectivity index (χ4v) is 2.08. The van der Waals surface area contributed by atoms with E-state index in [1.807, 2.05) is 22.6 Å². The summed E-state index contributed by atoms with van der Waals surface area (Å²) < 4.78 is 13.7. The lowest BCUT2D eigenvalue weighted by atomic mass is 10.1. The van der Waals surface area contributed by atoms with Crippen molar-refractivity contribution in [1.82, 2.24) is 4.98 Å². The summed E-state index contributed by atoms with van der Waals surface area (Å²) in [5, 5.41) is 8.86. The first-order chi connectivity index (χ1) is 7.13. The lowest BCUT2D eigenvalue weighted by molar-refractivity contribution is 0.628. The summed E-state index contributed by atoms with van der Waals surface area (Å²) in [5.41, 5.74) is 0.105. The normalized spacial score (nSPS) is 10.2. The third-order valence-corrected chi connectivity index (χ3v) is 2.88. The third kappa shape index (κ3) is 1.61. The molecule has 0 saturated carbocycles. The maximum absolute atomic E-state index is 13.1. The van der Waals surface area contributed by atoms with Gasteiger partial charge in [-0.05, 0) is 34.7 Å². The molecule has 1 aromatic heterocycles. The van der Waals surface area contributed by atoms with E-state index in [0.29, 0.717) is 9.09 Å². The smallest absolute Gasteiger partial charge is 0.207 e. The molecule has 15 heavy (non-hydrogen) atoms. The van der Waals surface area contributed by atoms with E-state index >= 15 is 0 Å². The standard InChI is InChI=1S/C10H4FIN2O/c11-6-1-7-9(8(12)2-6)14-4-5(3-13)10(7)15/h1-2,4H,(H,14,15). The molecule has 0 atom stereocenters. The lowest BCUT2D eigenvalue weighted by Gasteiger charge is -2.01. The number of hydrogen-bond donors (Lipinski definition) is 1. The molecule has 74 valence electrons. The zero-order valence-corrected chi connectivity index (χ0v) is 9.50. The zero-order chi connectivity index (χ0) is 11.0. The van der Waals surface area contributed by atoms with Gasteiger partial charge in [-0.2, -0.15) is 5.26 Å². The molecular formula is C10H4FIN2O. The highest BCUT2D eigenvalue weighted by atomic mass is 127. The van der Waals surface area contributed by atoms with E-state index in [0.717, 1.165) is 6.07 Å². The molecule has 1 aromatic carbocycles. The molecule has 0 aliphatic heterocycles. The van der Waals surface area contributed by atoms with E-state index in [-0.39, 0.29) is 10.9 Å². The summed E-state index contributed by atoms with van der Waals surface area (Å²) >= 11 is 1.93. The van der Waals surface area contributed by atoms with E-state index in [4.69, 9.17) is 5.26 Å². The van der Waals surface area contributed by atoms with Crippen molar-refractivity contribution in [3.05, 3.63) is 43.5 Å². The molecule has 0 aliphatic carbocycles. The van der Waals surface area contributed by atoms with Crippen LogP contribution >= 0.6 is 22.6 Å². The lowest BCUT2D eigenvalue weighted by Crippen LogP contribution is -2.08. The molecule has 5 heteroatoms. The van der Waals surface area contributed by atoms with Gasteiger partial charge in [0, 0.05) is 9.77 Å². The summed E-state index contributed by atoms with van der Waals surface area (Å²) in [5.74, 6) is -0.479. The Balaban J connectivity index is 3.01. The van der Waals surface area contributed by atoms with Crippen LogP contribution in [0.25, 0.3) is 10.9 Å². The minimum Gasteiger partial charge on any atom is -0.359 e. The van der Waals surface area contributed by atoms with Gasteiger partial charge in [0.25, 0.3) is 0 Å². The maximum atomic E-state index is 13.1. The topological polar surface area (TPSA) is 56.6 Å². The molecular weight excluding hydrogens is 310 g/mol. The Kier molecular flexibility index (Phi) is 2.44. The van der Waals surface area contributed by atoms with Crippen LogP contribution in [0, 0.1) is 20.7 Å². The van der Waals surface area contributed by atoms with Gasteiger partial charge in [0.05, 0.1) is 10.9 Å². The molecule has 1 heterocycles. The van der Waals surface area contributed by atoms with Crippen LogP contribution in [0.5, 0.6) is 0 Å². The van der Waals surface area contributed by atoms with Crippen molar-refractivity contribution in [3.8, 4) is 6.07 Å². The summed E-state index contributed by atoms with van der Waals surface area (Å²) in [6.45, 7) is 0. The SMILES string of the molecule is N#Cc1c[nH]c2c(I)cc(F)cc2c1=O. The number of hydrogen-bond acceptors (Lipinski definition) is 2. The molecule has 0 aliphatic rings. The van der Waals surface area contributed by atoms with Crippen molar-refractivity contribution < 1.29 is 4.39 Å². The highest BCUT2D eigenvalue weighted by Gasteiger charge is 2.08. The minimum atomic E-state index is -0.479. The van der Waals surface area contributed by atoms with Gasteiger partial charge in [-0.15, -0.1) is 0 Å². The van der Waals surface area contributed by atoms with E-state index in [9.17, 15) is 9.18 Å². The number of benzene rings is 1. The largest absolute Gasteiger partial charge is 0.359 e. The zero-order valence-electron chi connectivity index (χ0n) is 7.34. The summed E-state index contributed by atoms with van der Waals surface area (Å²) in [7, 11) is 0. The van der Waals surface area contributed by atoms with Crippen LogP contribution in [0.2, 0.25) is 0 Å². The van der Waals surface area contributed by atoms with Crippen LogP contribution in [-0.4, -0.2) is 4.98 Å². The second kappa shape index (κ2) is 3.62. The molecule has 0 unspecified atom stereocenters. The van der Waals surface area contributed by atoms with Crippen molar-refractivity contribution in [3.63, 3.8) is 0 Å². The Morgan fingerprint density at radius 2 is 2.20 bits per heavy atom. The van der Waals surface area contributed by atoms with Crippen LogP contribution in [0.4, 0.5) is 4.39 Å². The number of nitrogens with one attached hydrogen (secondary N) is 1. The van der Waals surface area contributed by atoms with Gasteiger partial charge in [0.15, 0.2) is 0 Å². The predicted octanol–water partition coefficient (Wildman–Crippen LogP) is 2.14. The molecule has 3 nitrogen and oxygen atoms in total. The number of H-pyrrole nitrogens is 1. The van der Waals surface area contributed by atoms with Crippen LogP contribution in [0.15, 0.2) is 23.1 Å². The molecule has 0 saturated heterocycles. The number of nitriles is 1. The fourth-order valence-electron chi connectivity index (χ4n) is 1.34. The van der Waals surface area contributed by atoms with Gasteiger partial charge in [0.1, 0.15) is 17.4 Å². The highest BCUT2D eigenvalue weighted by Crippen LogP contribution is 2.17. The number of pyridine rings is 1. The molecule has 0 fully saturated rings. The first kappa shape index (κ1) is 10.1. The average Bonchev–Trinajstić information content (AvgIpc) is 2.19. The first-order valence-corrected chi connectivity index (χ1v) is 5.12. The number of aromatic nitrogens is 1. The van der Waals surface area contributed by atoms with Crippen LogP contribution in [0.3, 0.4) is 0 Å². The van der Waals surface area contributed by atoms with Crippen molar-refractivity contribution in [2.75, 3.05) is 0 Å². The van der Waals surface area contributed by atoms with E-state index in [1.54, 1.807) is 6.07 Å². The Hall–Kier alpha value is -1.42. The van der Waals surface area contributed by atoms with Crippen molar-refractivity contribution in [2.24, 2.45) is 0 Å². The van der Waals surface area contributed by atoms with Crippen molar-refractivity contribution in [2.45, 2.75) is 0 Å². The molecule has 0 radical (unpaired) electrons. The van der Waals surface area contributed by atoms with E-state index in [1.165, 1.54) is 12.3 Å². The summed E-state index contributed by atoms with van der Waals surface area (Å²) in [6.07, 6.45) is 1.34. The molecule has 2 rings (SSSR count). The Labute approximate surface area is 97.7 Å². The number of halogens is 2. The Bertz CT molecular complexity index is 642. The van der Waals surface area contributed by atoms with Crippen molar-refractivity contribution in [1.29, 1.82) is 5.26 Å². The molecule has 2 aromatic rings. The number of nitrogens with zero attached hydrogens (tertiary/aromatic N) is 1. The first-order valence-electron chi connectivity index (χ1n) is 4.04. The van der Waals surface area contributed by atoms with Gasteiger partial charge < -0.3 is 4.98 Å². The maximum Gasteiger partial charge on any atom is 0.207 e. The van der Waals surface area contributed by atoms with Gasteiger partial charge in [-0.1, -0.05) is 0 Å². The second-order valence-corrected chi connectivity index (χ2v) is 4.12. The number of rotatable bonds is 0. The Morgan fingerprint density at radius 3 is 2.87 bits per heavy atom. The summed E-state index contributed by atoms with van der Waals surface area (Å²) in [6, 6.07) is 4.22. The fraction of sp³-hybridized carbons (Fsp3) is 0. The molecule has 1 N–H and O–H groups in total. The highest BCUT2D eigenvalue weighted by molar-refractivity contribution is 14.1. The molecule has 0 bridgehead atoms. The predicted molar refractivity (Wildman–Crippen MR) is 62.0 cm³/mol. The Morgan fingerprint density at radius 1 is 1.47 bits per heavy atom. The number of fused-ring (bicyclic) bond motifs is 1. The quantitative estimate of drug-likeness (QED) is 0.758. The molecule has 0 spiro atoms. The van der Waals surface area contributed by atoms with Gasteiger partial charge >= 0.3 is 0 Å². The summed E-state index contributed by atoms with van der Waals surface area (Å²) in [4.78, 5) is 14.5. The van der Waals surface area contributed by atoms with Crippen LogP contribution in [-0.2, 0) is 0 Å². The van der Waals surface area contributed by atoms with Crippen molar-refractivity contribution >= 4 is 33.5 Å². The molecule has 0 amide bonds. The monoisotopic (exact) mass is 314 g/mol. The average molecular weight is 314 g/mol. The number of aromatic amines is 1. The third-order valence-electron chi connectivity index (χ3n) is 2.03. The van der Waals surface area contributed by atoms with Gasteiger partial charge in [0.2, 0.25) is 5.43 Å². The second-order valence-electron chi connectivity index (χ2n) is 2.95. The van der Waals surface area contributed by atoms with E-state index < -0.39 is 11.2 Å². The van der Waals surface area contributed by atoms with E-state index in [2.05, 4.69) is 4.98 Å². The van der Waals surface area contributed by atoms with Gasteiger partial charge in [-0.25, -0.2) is 4.39 Å².